The molecule has 2 heterocycles. The number of benzene rings is 1. The van der Waals surface area contributed by atoms with E-state index < -0.39 is 5.56 Å². The van der Waals surface area contributed by atoms with Crippen LogP contribution in [0.5, 0.6) is 11.5 Å². The molecule has 0 aliphatic rings. The van der Waals surface area contributed by atoms with Crippen LogP contribution in [0.1, 0.15) is 17.0 Å². The van der Waals surface area contributed by atoms with E-state index in [0.717, 1.165) is 10.2 Å². The number of fused-ring (bicyclic) bond motifs is 1. The number of aryl methyl sites for hydroxylation is 2. The zero-order chi connectivity index (χ0) is 20.3. The van der Waals surface area contributed by atoms with E-state index in [2.05, 4.69) is 15.6 Å². The van der Waals surface area contributed by atoms with Crippen LogP contribution in [0.3, 0.4) is 0 Å². The second-order valence-corrected chi connectivity index (χ2v) is 6.29. The van der Waals surface area contributed by atoms with Gasteiger partial charge in [0.1, 0.15) is 23.8 Å². The van der Waals surface area contributed by atoms with Crippen molar-refractivity contribution in [1.82, 2.24) is 20.3 Å². The fourth-order valence-electron chi connectivity index (χ4n) is 3.04. The molecule has 0 aliphatic heterocycles. The van der Waals surface area contributed by atoms with Crippen molar-refractivity contribution in [2.45, 2.75) is 26.8 Å². The van der Waals surface area contributed by atoms with Gasteiger partial charge in [0.25, 0.3) is 5.56 Å². The van der Waals surface area contributed by atoms with Crippen LogP contribution in [0.25, 0.3) is 10.9 Å². The Morgan fingerprint density at radius 1 is 1.25 bits per heavy atom. The van der Waals surface area contributed by atoms with Crippen molar-refractivity contribution in [2.24, 2.45) is 0 Å². The lowest BCUT2D eigenvalue weighted by molar-refractivity contribution is -0.121. The van der Waals surface area contributed by atoms with Gasteiger partial charge in [-0.3, -0.25) is 9.59 Å². The Kier molecular flexibility index (Phi) is 5.62. The zero-order valence-corrected chi connectivity index (χ0v) is 16.2. The molecule has 0 atom stereocenters. The summed E-state index contributed by atoms with van der Waals surface area (Å²) in [7, 11) is 3.17. The van der Waals surface area contributed by atoms with Gasteiger partial charge in [0, 0.05) is 12.6 Å². The number of nitrogens with zero attached hydrogens (tertiary/aromatic N) is 3. The maximum absolute atomic E-state index is 12.4. The summed E-state index contributed by atoms with van der Waals surface area (Å²) in [6, 6.07) is 5.51. The Morgan fingerprint density at radius 2 is 2.04 bits per heavy atom. The lowest BCUT2D eigenvalue weighted by Gasteiger charge is -2.11. The third-order valence-corrected chi connectivity index (χ3v) is 4.44. The van der Waals surface area contributed by atoms with Crippen LogP contribution in [0.4, 0.5) is 0 Å². The molecule has 0 saturated heterocycles. The number of carbonyl (C=O) groups excluding carboxylic acids is 1. The molecule has 28 heavy (non-hydrogen) atoms. The Balaban J connectivity index is 1.65. The first-order valence-corrected chi connectivity index (χ1v) is 8.76. The van der Waals surface area contributed by atoms with Crippen molar-refractivity contribution in [3.63, 3.8) is 0 Å². The zero-order valence-electron chi connectivity index (χ0n) is 16.2. The van der Waals surface area contributed by atoms with E-state index in [0.29, 0.717) is 41.3 Å². The highest BCUT2D eigenvalue weighted by molar-refractivity contribution is 5.82. The standard InChI is InChI=1S/C19H22N4O5/c1-11-17-12(2)28-22-18(17)19(25)23(21-11)10-16(24)20-8-7-13-5-6-14(26-3)9-15(13)27-4/h5-6,9H,7-8,10H2,1-4H3,(H,20,24). The van der Waals surface area contributed by atoms with E-state index in [1.54, 1.807) is 34.1 Å². The molecule has 0 fully saturated rings. The van der Waals surface area contributed by atoms with Crippen molar-refractivity contribution in [1.29, 1.82) is 0 Å². The highest BCUT2D eigenvalue weighted by Crippen LogP contribution is 2.24. The van der Waals surface area contributed by atoms with Crippen LogP contribution < -0.4 is 20.3 Å². The van der Waals surface area contributed by atoms with Crippen molar-refractivity contribution in [3.05, 3.63) is 45.6 Å². The number of methoxy groups -OCH3 is 2. The highest BCUT2D eigenvalue weighted by atomic mass is 16.5. The molecule has 3 aromatic rings. The number of aromatic nitrogens is 3. The minimum absolute atomic E-state index is 0.181. The smallest absolute Gasteiger partial charge is 0.297 e. The first-order chi connectivity index (χ1) is 13.4. The summed E-state index contributed by atoms with van der Waals surface area (Å²) in [5, 5.41) is 11.4. The van der Waals surface area contributed by atoms with Crippen LogP contribution in [-0.4, -0.2) is 41.6 Å². The minimum Gasteiger partial charge on any atom is -0.497 e. The van der Waals surface area contributed by atoms with Gasteiger partial charge in [0.2, 0.25) is 5.91 Å². The Hall–Kier alpha value is -3.36. The minimum atomic E-state index is -0.454. The van der Waals surface area contributed by atoms with Gasteiger partial charge in [-0.2, -0.15) is 5.10 Å². The Morgan fingerprint density at radius 3 is 2.75 bits per heavy atom. The van der Waals surface area contributed by atoms with Crippen molar-refractivity contribution < 1.29 is 18.8 Å². The summed E-state index contributed by atoms with van der Waals surface area (Å²) in [5.74, 6) is 1.60. The van der Waals surface area contributed by atoms with E-state index in [1.165, 1.54) is 0 Å². The van der Waals surface area contributed by atoms with Gasteiger partial charge in [-0.15, -0.1) is 0 Å². The first kappa shape index (κ1) is 19.4. The number of carbonyl (C=O) groups is 1. The summed E-state index contributed by atoms with van der Waals surface area (Å²) in [4.78, 5) is 24.7. The third kappa shape index (κ3) is 3.83. The Labute approximate surface area is 161 Å². The largest absolute Gasteiger partial charge is 0.497 e. The average Bonchev–Trinajstić information content (AvgIpc) is 3.08. The highest BCUT2D eigenvalue weighted by Gasteiger charge is 2.16. The fourth-order valence-corrected chi connectivity index (χ4v) is 3.04. The van der Waals surface area contributed by atoms with E-state index in [9.17, 15) is 9.59 Å². The second-order valence-electron chi connectivity index (χ2n) is 6.29. The summed E-state index contributed by atoms with van der Waals surface area (Å²) in [6.45, 7) is 3.66. The van der Waals surface area contributed by atoms with E-state index >= 15 is 0 Å². The molecule has 0 unspecified atom stereocenters. The van der Waals surface area contributed by atoms with Crippen LogP contribution in [0.15, 0.2) is 27.5 Å². The second kappa shape index (κ2) is 8.12. The maximum atomic E-state index is 12.4. The van der Waals surface area contributed by atoms with Crippen molar-refractivity contribution >= 4 is 16.8 Å². The summed E-state index contributed by atoms with van der Waals surface area (Å²) in [5.41, 5.74) is 1.25. The van der Waals surface area contributed by atoms with Gasteiger partial charge in [-0.1, -0.05) is 11.2 Å². The van der Waals surface area contributed by atoms with Crippen molar-refractivity contribution in [2.75, 3.05) is 20.8 Å². The number of rotatable bonds is 7. The SMILES string of the molecule is COc1ccc(CCNC(=O)Cn2nc(C)c3c(C)onc3c2=O)c(OC)c1. The molecule has 0 aliphatic carbocycles. The van der Waals surface area contributed by atoms with Crippen LogP contribution in [0.2, 0.25) is 0 Å². The lowest BCUT2D eigenvalue weighted by Crippen LogP contribution is -2.35. The number of hydrogen-bond acceptors (Lipinski definition) is 7. The molecule has 148 valence electrons. The van der Waals surface area contributed by atoms with Crippen LogP contribution in [-0.2, 0) is 17.8 Å². The maximum Gasteiger partial charge on any atom is 0.297 e. The number of hydrogen-bond donors (Lipinski definition) is 1. The van der Waals surface area contributed by atoms with Crippen molar-refractivity contribution in [3.8, 4) is 11.5 Å². The summed E-state index contributed by atoms with van der Waals surface area (Å²) >= 11 is 0. The summed E-state index contributed by atoms with van der Waals surface area (Å²) in [6.07, 6.45) is 0.571. The molecule has 0 radical (unpaired) electrons. The molecule has 1 N–H and O–H groups in total. The molecule has 0 bridgehead atoms. The number of amides is 1. The van der Waals surface area contributed by atoms with Gasteiger partial charge in [-0.25, -0.2) is 4.68 Å². The van der Waals surface area contributed by atoms with Gasteiger partial charge < -0.3 is 19.3 Å². The molecule has 1 aromatic carbocycles. The quantitative estimate of drug-likeness (QED) is 0.653. The topological polar surface area (TPSA) is 108 Å². The molecule has 0 saturated carbocycles. The van der Waals surface area contributed by atoms with Gasteiger partial charge in [0.15, 0.2) is 5.52 Å². The van der Waals surface area contributed by atoms with Crippen LogP contribution >= 0.6 is 0 Å². The van der Waals surface area contributed by atoms with Gasteiger partial charge in [0.05, 0.1) is 25.3 Å². The van der Waals surface area contributed by atoms with E-state index in [4.69, 9.17) is 14.0 Å². The molecule has 1 amide bonds. The number of nitrogens with one attached hydrogen (secondary N) is 1. The average molecular weight is 386 g/mol. The molecule has 3 rings (SSSR count). The molecule has 0 spiro atoms. The normalized spacial score (nSPS) is 10.9. The first-order valence-electron chi connectivity index (χ1n) is 8.76. The fraction of sp³-hybridized carbons (Fsp3) is 0.368. The predicted molar refractivity (Wildman–Crippen MR) is 102 cm³/mol. The lowest BCUT2D eigenvalue weighted by atomic mass is 10.1. The third-order valence-electron chi connectivity index (χ3n) is 4.44. The molecule has 2 aromatic heterocycles. The molecule has 9 heteroatoms. The predicted octanol–water partition coefficient (Wildman–Crippen LogP) is 1.38. The molecular weight excluding hydrogens is 364 g/mol. The Bertz CT molecular complexity index is 1070. The van der Waals surface area contributed by atoms with Crippen LogP contribution in [0, 0.1) is 13.8 Å². The number of ether oxygens (including phenoxy) is 2. The molecule has 9 nitrogen and oxygen atoms in total. The van der Waals surface area contributed by atoms with E-state index in [1.807, 2.05) is 12.1 Å². The van der Waals surface area contributed by atoms with E-state index in [-0.39, 0.29) is 18.0 Å². The summed E-state index contributed by atoms with van der Waals surface area (Å²) < 4.78 is 16.7. The monoisotopic (exact) mass is 386 g/mol. The molecular formula is C19H22N4O5. The van der Waals surface area contributed by atoms with Gasteiger partial charge in [-0.05, 0) is 31.9 Å². The van der Waals surface area contributed by atoms with Gasteiger partial charge >= 0.3 is 0 Å².